The number of hydrogen-bond acceptors (Lipinski definition) is 11. The number of nitrogens with zero attached hydrogens (tertiary/aromatic N) is 1. The van der Waals surface area contributed by atoms with E-state index < -0.39 is 46.1 Å². The Morgan fingerprint density at radius 1 is 1.08 bits per heavy atom. The first-order valence-electron chi connectivity index (χ1n) is 17.8. The number of carbonyl (C=O) groups excluding carboxylic acids is 1. The number of ether oxygens (including phenoxy) is 5. The van der Waals surface area contributed by atoms with Gasteiger partial charge in [-0.15, -0.1) is 0 Å². The molecule has 0 saturated carbocycles. The quantitative estimate of drug-likeness (QED) is 0.115. The highest BCUT2D eigenvalue weighted by Gasteiger charge is 2.44. The Labute approximate surface area is 315 Å². The molecule has 2 saturated heterocycles. The second kappa shape index (κ2) is 17.5. The number of rotatable bonds is 17. The first-order chi connectivity index (χ1) is 25.5. The maximum Gasteiger partial charge on any atom is 0.407 e. The summed E-state index contributed by atoms with van der Waals surface area (Å²) in [4.78, 5) is 13.3. The molecule has 5 atom stereocenters. The van der Waals surface area contributed by atoms with Crippen LogP contribution in [0.15, 0.2) is 76.2 Å². The molecule has 6 rings (SSSR count). The average Bonchev–Trinajstić information content (AvgIpc) is 3.96. The second-order valence-corrected chi connectivity index (χ2v) is 16.6. The minimum Gasteiger partial charge on any atom is -0.467 e. The van der Waals surface area contributed by atoms with Crippen molar-refractivity contribution in [3.8, 4) is 11.5 Å². The van der Waals surface area contributed by atoms with Crippen LogP contribution < -0.4 is 25.4 Å². The summed E-state index contributed by atoms with van der Waals surface area (Å²) >= 11 is 5.40. The third-order valence-electron chi connectivity index (χ3n) is 9.61. The van der Waals surface area contributed by atoms with E-state index in [2.05, 4.69) is 16.0 Å². The van der Waals surface area contributed by atoms with Crippen LogP contribution in [0.2, 0.25) is 0 Å². The van der Waals surface area contributed by atoms with Gasteiger partial charge in [0.2, 0.25) is 16.8 Å². The van der Waals surface area contributed by atoms with Gasteiger partial charge in [-0.3, -0.25) is 0 Å². The number of nitrogens with one attached hydrogen (secondary N) is 3. The topological polar surface area (TPSA) is 170 Å². The molecule has 0 unspecified atom stereocenters. The molecule has 0 spiro atoms. The number of aliphatic hydroxyl groups is 1. The van der Waals surface area contributed by atoms with Gasteiger partial charge in [0, 0.05) is 25.7 Å². The Morgan fingerprint density at radius 3 is 2.68 bits per heavy atom. The van der Waals surface area contributed by atoms with Crippen LogP contribution in [-0.4, -0.2) is 93.2 Å². The summed E-state index contributed by atoms with van der Waals surface area (Å²) in [5, 5.41) is 21.5. The zero-order chi connectivity index (χ0) is 37.4. The van der Waals surface area contributed by atoms with Gasteiger partial charge in [0.05, 0.1) is 49.0 Å². The summed E-state index contributed by atoms with van der Waals surface area (Å²) in [5.74, 6) is 1.48. The Bertz CT molecular complexity index is 1780. The summed E-state index contributed by atoms with van der Waals surface area (Å²) in [6.45, 7) is 5.50. The Hall–Kier alpha value is -3.93. The maximum atomic E-state index is 14.4. The molecule has 3 aliphatic heterocycles. The van der Waals surface area contributed by atoms with Gasteiger partial charge in [0.15, 0.2) is 22.9 Å². The monoisotopic (exact) mass is 772 g/mol. The van der Waals surface area contributed by atoms with Crippen molar-refractivity contribution in [2.75, 3.05) is 39.6 Å². The minimum atomic E-state index is -4.18. The van der Waals surface area contributed by atoms with Crippen molar-refractivity contribution in [2.24, 2.45) is 11.3 Å². The first-order valence-corrected chi connectivity index (χ1v) is 19.7. The SMILES string of the molecule is CC(C)(CCCNC(=S)NCc1ccco1)CN(C[C@@H](O)[C@H](Cc1ccccc1)NC(=O)O[C@H]1CO[C@H]2OCC[C@H]21)S(=O)(=O)c1ccc2c(c1)OCO2. The van der Waals surface area contributed by atoms with Gasteiger partial charge in [-0.1, -0.05) is 44.2 Å². The molecule has 288 valence electrons. The number of benzene rings is 2. The first kappa shape index (κ1) is 38.8. The van der Waals surface area contributed by atoms with Crippen LogP contribution in [-0.2, 0) is 37.2 Å². The summed E-state index contributed by atoms with van der Waals surface area (Å²) < 4.78 is 63.3. The number of furan rings is 1. The number of aliphatic hydroxyl groups excluding tert-OH is 1. The molecule has 1 amide bonds. The molecule has 14 nitrogen and oxygen atoms in total. The van der Waals surface area contributed by atoms with Crippen molar-refractivity contribution in [3.05, 3.63) is 78.3 Å². The van der Waals surface area contributed by atoms with Crippen LogP contribution in [0.25, 0.3) is 0 Å². The van der Waals surface area contributed by atoms with Crippen molar-refractivity contribution in [1.82, 2.24) is 20.3 Å². The van der Waals surface area contributed by atoms with Gasteiger partial charge < -0.3 is 49.2 Å². The summed E-state index contributed by atoms with van der Waals surface area (Å²) in [6, 6.07) is 16.6. The zero-order valence-electron chi connectivity index (χ0n) is 29.9. The largest absolute Gasteiger partial charge is 0.467 e. The van der Waals surface area contributed by atoms with Gasteiger partial charge >= 0.3 is 6.09 Å². The minimum absolute atomic E-state index is 0.000875. The fourth-order valence-corrected chi connectivity index (χ4v) is 8.60. The second-order valence-electron chi connectivity index (χ2n) is 14.2. The number of fused-ring (bicyclic) bond motifs is 2. The van der Waals surface area contributed by atoms with E-state index in [4.69, 9.17) is 40.3 Å². The molecule has 2 fully saturated rings. The fraction of sp³-hybridized carbons (Fsp3) is 0.514. The molecule has 0 radical (unpaired) electrons. The highest BCUT2D eigenvalue weighted by Crippen LogP contribution is 2.36. The third-order valence-corrected chi connectivity index (χ3v) is 11.7. The molecular formula is C37H48N4O10S2. The van der Waals surface area contributed by atoms with Crippen LogP contribution in [0.5, 0.6) is 11.5 Å². The average molecular weight is 773 g/mol. The summed E-state index contributed by atoms with van der Waals surface area (Å²) in [5.41, 5.74) is 0.317. The van der Waals surface area contributed by atoms with E-state index in [-0.39, 0.29) is 43.7 Å². The van der Waals surface area contributed by atoms with Crippen molar-refractivity contribution < 1.29 is 46.4 Å². The number of thiocarbonyl (C=S) groups is 1. The van der Waals surface area contributed by atoms with E-state index in [1.54, 1.807) is 12.3 Å². The van der Waals surface area contributed by atoms with Crippen molar-refractivity contribution >= 4 is 33.4 Å². The van der Waals surface area contributed by atoms with E-state index in [0.29, 0.717) is 55.6 Å². The van der Waals surface area contributed by atoms with Gasteiger partial charge in [-0.25, -0.2) is 13.2 Å². The highest BCUT2D eigenvalue weighted by molar-refractivity contribution is 7.89. The number of alkyl carbamates (subject to hydrolysis) is 1. The molecule has 1 aromatic heterocycles. The van der Waals surface area contributed by atoms with Crippen LogP contribution in [0, 0.1) is 11.3 Å². The lowest BCUT2D eigenvalue weighted by atomic mass is 9.87. The van der Waals surface area contributed by atoms with E-state index in [0.717, 1.165) is 11.3 Å². The van der Waals surface area contributed by atoms with Crippen LogP contribution in [0.3, 0.4) is 0 Å². The molecule has 3 aliphatic rings. The van der Waals surface area contributed by atoms with Gasteiger partial charge in [0.1, 0.15) is 11.9 Å². The van der Waals surface area contributed by atoms with E-state index in [9.17, 15) is 18.3 Å². The normalized spacial score (nSPS) is 20.5. The standard InChI is InChI=1S/C37H48N4O10S2/c1-37(2,14-7-15-38-35(52)39-20-26-10-6-16-46-26)23-41(53(44,45)27-11-12-31-32(19-27)50-24-49-31)21-30(42)29(18-25-8-4-3-5-9-25)40-36(43)51-33-22-48-34-28(33)13-17-47-34/h3-6,8-12,16,19,28-30,33-34,42H,7,13-15,17-18,20-24H2,1-2H3,(H,40,43)(H2,38,39,52)/t28-,29-,30+,33-,34+/m0/s1. The highest BCUT2D eigenvalue weighted by atomic mass is 32.2. The summed E-state index contributed by atoms with van der Waals surface area (Å²) in [7, 11) is -4.18. The zero-order valence-corrected chi connectivity index (χ0v) is 31.5. The molecule has 4 heterocycles. The predicted molar refractivity (Wildman–Crippen MR) is 198 cm³/mol. The lowest BCUT2D eigenvalue weighted by Gasteiger charge is -2.35. The van der Waals surface area contributed by atoms with E-state index in [1.807, 2.05) is 56.3 Å². The van der Waals surface area contributed by atoms with Crippen LogP contribution in [0.4, 0.5) is 4.79 Å². The Morgan fingerprint density at radius 2 is 1.89 bits per heavy atom. The molecule has 0 bridgehead atoms. The smallest absolute Gasteiger partial charge is 0.407 e. The van der Waals surface area contributed by atoms with Crippen molar-refractivity contribution in [1.29, 1.82) is 0 Å². The number of sulfonamides is 1. The maximum absolute atomic E-state index is 14.4. The van der Waals surface area contributed by atoms with E-state index in [1.165, 1.54) is 16.4 Å². The molecule has 53 heavy (non-hydrogen) atoms. The lowest BCUT2D eigenvalue weighted by Crippen LogP contribution is -2.52. The van der Waals surface area contributed by atoms with Gasteiger partial charge in [-0.2, -0.15) is 4.31 Å². The van der Waals surface area contributed by atoms with Crippen molar-refractivity contribution in [2.45, 2.75) is 75.5 Å². The molecule has 3 aromatic rings. The van der Waals surface area contributed by atoms with Crippen LogP contribution in [0.1, 0.15) is 44.4 Å². The lowest BCUT2D eigenvalue weighted by molar-refractivity contribution is -0.0907. The number of carbonyl (C=O) groups is 1. The third kappa shape index (κ3) is 10.4. The molecule has 16 heteroatoms. The molecular weight excluding hydrogens is 725 g/mol. The number of amides is 1. The number of hydrogen-bond donors (Lipinski definition) is 4. The van der Waals surface area contributed by atoms with Gasteiger partial charge in [-0.05, 0) is 73.1 Å². The summed E-state index contributed by atoms with van der Waals surface area (Å²) in [6.07, 6.45) is 0.954. The fourth-order valence-electron chi connectivity index (χ4n) is 6.76. The molecule has 4 N–H and O–H groups in total. The Balaban J connectivity index is 1.15. The molecule has 0 aliphatic carbocycles. The Kier molecular flexibility index (Phi) is 12.8. The van der Waals surface area contributed by atoms with E-state index >= 15 is 0 Å². The molecule has 2 aromatic carbocycles. The predicted octanol–water partition coefficient (Wildman–Crippen LogP) is 3.93. The van der Waals surface area contributed by atoms with Crippen LogP contribution >= 0.6 is 12.2 Å². The van der Waals surface area contributed by atoms with Gasteiger partial charge in [0.25, 0.3) is 0 Å². The van der Waals surface area contributed by atoms with Crippen molar-refractivity contribution in [3.63, 3.8) is 0 Å².